The Morgan fingerprint density at radius 3 is 2.61 bits per heavy atom. The van der Waals surface area contributed by atoms with Crippen LogP contribution < -0.4 is 4.74 Å². The van der Waals surface area contributed by atoms with Crippen molar-refractivity contribution in [2.45, 2.75) is 12.5 Å². The third-order valence-corrected chi connectivity index (χ3v) is 4.24. The molecule has 0 fully saturated rings. The molecule has 0 saturated heterocycles. The first-order valence-corrected chi connectivity index (χ1v) is 8.12. The SMILES string of the molecule is OC(COc1ccc(Cc2cncs2)cc1)c1ccccc1F. The molecule has 0 aliphatic heterocycles. The minimum absolute atomic E-state index is 0.00905. The minimum atomic E-state index is -0.993. The van der Waals surface area contributed by atoms with Gasteiger partial charge in [-0.1, -0.05) is 30.3 Å². The average molecular weight is 329 g/mol. The van der Waals surface area contributed by atoms with Crippen molar-refractivity contribution in [3.8, 4) is 5.75 Å². The molecular formula is C18H16FNO2S. The van der Waals surface area contributed by atoms with Gasteiger partial charge in [0, 0.05) is 23.1 Å². The van der Waals surface area contributed by atoms with Crippen LogP contribution in [0.3, 0.4) is 0 Å². The summed E-state index contributed by atoms with van der Waals surface area (Å²) in [5, 5.41) is 10.0. The first-order chi connectivity index (χ1) is 11.2. The molecule has 2 aromatic carbocycles. The van der Waals surface area contributed by atoms with Crippen molar-refractivity contribution in [1.82, 2.24) is 4.98 Å². The van der Waals surface area contributed by atoms with Crippen LogP contribution in [0, 0.1) is 5.82 Å². The molecule has 1 atom stereocenters. The molecule has 3 aromatic rings. The van der Waals surface area contributed by atoms with E-state index < -0.39 is 11.9 Å². The molecule has 1 aromatic heterocycles. The average Bonchev–Trinajstić information content (AvgIpc) is 3.07. The van der Waals surface area contributed by atoms with Gasteiger partial charge in [0.15, 0.2) is 0 Å². The summed E-state index contributed by atoms with van der Waals surface area (Å²) in [6.45, 7) is 0.00905. The topological polar surface area (TPSA) is 42.4 Å². The summed E-state index contributed by atoms with van der Waals surface area (Å²) < 4.78 is 19.1. The largest absolute Gasteiger partial charge is 0.491 e. The normalized spacial score (nSPS) is 12.1. The lowest BCUT2D eigenvalue weighted by atomic mass is 10.1. The second kappa shape index (κ2) is 7.35. The molecule has 0 aliphatic carbocycles. The molecule has 3 rings (SSSR count). The molecule has 0 radical (unpaired) electrons. The lowest BCUT2D eigenvalue weighted by Crippen LogP contribution is -2.11. The fraction of sp³-hybridized carbons (Fsp3) is 0.167. The first kappa shape index (κ1) is 15.6. The van der Waals surface area contributed by atoms with E-state index in [2.05, 4.69) is 4.98 Å². The number of thiazole rings is 1. The first-order valence-electron chi connectivity index (χ1n) is 7.24. The van der Waals surface area contributed by atoms with E-state index in [0.717, 1.165) is 12.0 Å². The number of aliphatic hydroxyl groups excluding tert-OH is 1. The fourth-order valence-electron chi connectivity index (χ4n) is 2.24. The predicted molar refractivity (Wildman–Crippen MR) is 88.2 cm³/mol. The number of hydrogen-bond donors (Lipinski definition) is 1. The Balaban J connectivity index is 1.57. The van der Waals surface area contributed by atoms with Crippen LogP contribution in [0.4, 0.5) is 4.39 Å². The Morgan fingerprint density at radius 2 is 1.91 bits per heavy atom. The molecule has 0 saturated carbocycles. The lowest BCUT2D eigenvalue weighted by molar-refractivity contribution is 0.105. The van der Waals surface area contributed by atoms with Crippen molar-refractivity contribution >= 4 is 11.3 Å². The molecule has 0 spiro atoms. The zero-order valence-corrected chi connectivity index (χ0v) is 13.2. The predicted octanol–water partition coefficient (Wildman–Crippen LogP) is 3.99. The summed E-state index contributed by atoms with van der Waals surface area (Å²) in [5.41, 5.74) is 3.22. The highest BCUT2D eigenvalue weighted by Crippen LogP contribution is 2.20. The second-order valence-corrected chi connectivity index (χ2v) is 6.11. The number of halogens is 1. The quantitative estimate of drug-likeness (QED) is 0.744. The summed E-state index contributed by atoms with van der Waals surface area (Å²) >= 11 is 1.62. The third-order valence-electron chi connectivity index (χ3n) is 3.46. The Labute approximate surface area is 138 Å². The second-order valence-electron chi connectivity index (χ2n) is 5.14. The summed E-state index contributed by atoms with van der Waals surface area (Å²) in [6.07, 6.45) is 1.70. The highest BCUT2D eigenvalue weighted by Gasteiger charge is 2.12. The molecule has 0 amide bonds. The third kappa shape index (κ3) is 4.15. The van der Waals surface area contributed by atoms with Crippen molar-refractivity contribution in [2.24, 2.45) is 0 Å². The fourth-order valence-corrected chi connectivity index (χ4v) is 2.87. The van der Waals surface area contributed by atoms with Gasteiger partial charge in [-0.15, -0.1) is 11.3 Å². The molecule has 23 heavy (non-hydrogen) atoms. The molecule has 1 heterocycles. The number of hydrogen-bond acceptors (Lipinski definition) is 4. The standard InChI is InChI=1S/C18H16FNO2S/c19-17-4-2-1-3-16(17)18(21)11-22-14-7-5-13(6-8-14)9-15-10-20-12-23-15/h1-8,10,12,18,21H,9,11H2. The molecule has 0 aliphatic rings. The van der Waals surface area contributed by atoms with Gasteiger partial charge < -0.3 is 9.84 Å². The maximum atomic E-state index is 13.6. The number of aromatic nitrogens is 1. The minimum Gasteiger partial charge on any atom is -0.491 e. The van der Waals surface area contributed by atoms with Crippen molar-refractivity contribution in [2.75, 3.05) is 6.61 Å². The molecule has 5 heteroatoms. The Hall–Kier alpha value is -2.24. The number of benzene rings is 2. The summed E-state index contributed by atoms with van der Waals surface area (Å²) in [5.74, 6) is 0.219. The van der Waals surface area contributed by atoms with E-state index in [1.165, 1.54) is 10.9 Å². The van der Waals surface area contributed by atoms with Crippen LogP contribution in [0.15, 0.2) is 60.2 Å². The van der Waals surface area contributed by atoms with E-state index >= 15 is 0 Å². The van der Waals surface area contributed by atoms with E-state index in [9.17, 15) is 9.50 Å². The smallest absolute Gasteiger partial charge is 0.129 e. The molecule has 1 unspecified atom stereocenters. The number of aliphatic hydroxyl groups is 1. The van der Waals surface area contributed by atoms with E-state index in [0.29, 0.717) is 5.75 Å². The highest BCUT2D eigenvalue weighted by atomic mass is 32.1. The van der Waals surface area contributed by atoms with E-state index in [4.69, 9.17) is 4.74 Å². The molecular weight excluding hydrogens is 313 g/mol. The van der Waals surface area contributed by atoms with Gasteiger partial charge in [-0.2, -0.15) is 0 Å². The van der Waals surface area contributed by atoms with Crippen molar-refractivity contribution in [3.63, 3.8) is 0 Å². The van der Waals surface area contributed by atoms with E-state index in [-0.39, 0.29) is 12.2 Å². The Morgan fingerprint density at radius 1 is 1.13 bits per heavy atom. The van der Waals surface area contributed by atoms with Gasteiger partial charge in [-0.3, -0.25) is 4.98 Å². The van der Waals surface area contributed by atoms with E-state index in [1.54, 1.807) is 29.5 Å². The number of nitrogens with zero attached hydrogens (tertiary/aromatic N) is 1. The molecule has 0 bridgehead atoms. The molecule has 1 N–H and O–H groups in total. The van der Waals surface area contributed by atoms with Crippen LogP contribution in [0.5, 0.6) is 5.75 Å². The zero-order chi connectivity index (χ0) is 16.1. The van der Waals surface area contributed by atoms with Crippen molar-refractivity contribution < 1.29 is 14.2 Å². The Bertz CT molecular complexity index is 744. The van der Waals surface area contributed by atoms with Crippen LogP contribution in [0.2, 0.25) is 0 Å². The van der Waals surface area contributed by atoms with Crippen LogP contribution in [0.25, 0.3) is 0 Å². The zero-order valence-electron chi connectivity index (χ0n) is 12.4. The van der Waals surface area contributed by atoms with Crippen LogP contribution in [-0.2, 0) is 6.42 Å². The van der Waals surface area contributed by atoms with Gasteiger partial charge >= 0.3 is 0 Å². The van der Waals surface area contributed by atoms with Gasteiger partial charge in [0.1, 0.15) is 24.3 Å². The summed E-state index contributed by atoms with van der Waals surface area (Å²) in [7, 11) is 0. The Kier molecular flexibility index (Phi) is 5.00. The lowest BCUT2D eigenvalue weighted by Gasteiger charge is -2.13. The van der Waals surface area contributed by atoms with Crippen molar-refractivity contribution in [3.05, 3.63) is 82.1 Å². The maximum absolute atomic E-state index is 13.6. The van der Waals surface area contributed by atoms with Crippen molar-refractivity contribution in [1.29, 1.82) is 0 Å². The monoisotopic (exact) mass is 329 g/mol. The molecule has 118 valence electrons. The van der Waals surface area contributed by atoms with Gasteiger partial charge in [0.05, 0.1) is 5.51 Å². The van der Waals surface area contributed by atoms with Gasteiger partial charge in [0.2, 0.25) is 0 Å². The van der Waals surface area contributed by atoms with Gasteiger partial charge in [-0.05, 0) is 23.8 Å². The summed E-state index contributed by atoms with van der Waals surface area (Å²) in [4.78, 5) is 5.26. The number of ether oxygens (including phenoxy) is 1. The maximum Gasteiger partial charge on any atom is 0.129 e. The van der Waals surface area contributed by atoms with Crippen LogP contribution in [-0.4, -0.2) is 16.7 Å². The van der Waals surface area contributed by atoms with Gasteiger partial charge in [-0.25, -0.2) is 4.39 Å². The summed E-state index contributed by atoms with van der Waals surface area (Å²) in [6, 6.07) is 13.8. The van der Waals surface area contributed by atoms with Crippen LogP contribution >= 0.6 is 11.3 Å². The van der Waals surface area contributed by atoms with Gasteiger partial charge in [0.25, 0.3) is 0 Å². The number of rotatable bonds is 6. The molecule has 3 nitrogen and oxygen atoms in total. The van der Waals surface area contributed by atoms with Crippen LogP contribution in [0.1, 0.15) is 22.1 Å². The highest BCUT2D eigenvalue weighted by molar-refractivity contribution is 7.09. The van der Waals surface area contributed by atoms with E-state index in [1.807, 2.05) is 36.0 Å².